The summed E-state index contributed by atoms with van der Waals surface area (Å²) in [5.41, 5.74) is 2.23. The number of aromatic nitrogens is 1. The molecule has 6 heteroatoms. The molecule has 1 aliphatic heterocycles. The van der Waals surface area contributed by atoms with Gasteiger partial charge in [0.25, 0.3) is 5.91 Å². The minimum absolute atomic E-state index is 0.0746. The molecule has 1 aromatic heterocycles. The quantitative estimate of drug-likeness (QED) is 0.583. The standard InChI is InChI=1S/C27H28FN3O2/c1-30(2)26(33)27(14-17-31(18-15-27)25(32)24-9-5-6-16-29-24)19-20-10-12-21(13-11-20)22-7-3-4-8-23(22)28/h3-13,16H,14-15,17-19H2,1-2H3. The number of hydrogen-bond donors (Lipinski definition) is 0. The molecule has 1 fully saturated rings. The van der Waals surface area contributed by atoms with Crippen molar-refractivity contribution in [1.29, 1.82) is 0 Å². The number of carbonyl (C=O) groups excluding carboxylic acids is 2. The summed E-state index contributed by atoms with van der Waals surface area (Å²) in [5.74, 6) is -0.282. The van der Waals surface area contributed by atoms with Gasteiger partial charge in [0.2, 0.25) is 5.91 Å². The summed E-state index contributed by atoms with van der Waals surface area (Å²) >= 11 is 0. The predicted molar refractivity (Wildman–Crippen MR) is 126 cm³/mol. The molecule has 0 bridgehead atoms. The van der Waals surface area contributed by atoms with Crippen LogP contribution in [0.2, 0.25) is 0 Å². The van der Waals surface area contributed by atoms with E-state index in [1.807, 2.05) is 30.3 Å². The topological polar surface area (TPSA) is 53.5 Å². The number of halogens is 1. The van der Waals surface area contributed by atoms with E-state index < -0.39 is 5.41 Å². The molecule has 2 amide bonds. The normalized spacial score (nSPS) is 15.2. The second-order valence-corrected chi connectivity index (χ2v) is 8.84. The summed E-state index contributed by atoms with van der Waals surface area (Å²) in [6, 6.07) is 19.8. The van der Waals surface area contributed by atoms with Crippen LogP contribution in [-0.4, -0.2) is 53.8 Å². The Morgan fingerprint density at radius 1 is 0.970 bits per heavy atom. The minimum atomic E-state index is -0.579. The SMILES string of the molecule is CN(C)C(=O)C1(Cc2ccc(-c3ccccc3F)cc2)CCN(C(=O)c2ccccn2)CC1. The summed E-state index contributed by atoms with van der Waals surface area (Å²) < 4.78 is 14.1. The molecule has 0 aliphatic carbocycles. The van der Waals surface area contributed by atoms with Gasteiger partial charge in [-0.1, -0.05) is 48.5 Å². The number of rotatable bonds is 5. The lowest BCUT2D eigenvalue weighted by Gasteiger charge is -2.42. The number of pyridine rings is 1. The average Bonchev–Trinajstić information content (AvgIpc) is 2.85. The van der Waals surface area contributed by atoms with Crippen LogP contribution in [0.3, 0.4) is 0 Å². The van der Waals surface area contributed by atoms with Gasteiger partial charge in [-0.25, -0.2) is 4.39 Å². The number of carbonyl (C=O) groups is 2. The Balaban J connectivity index is 1.52. The highest BCUT2D eigenvalue weighted by atomic mass is 19.1. The zero-order valence-corrected chi connectivity index (χ0v) is 19.0. The number of benzene rings is 2. The third kappa shape index (κ3) is 4.80. The molecule has 0 spiro atoms. The average molecular weight is 446 g/mol. The molecule has 170 valence electrons. The van der Waals surface area contributed by atoms with Crippen molar-refractivity contribution >= 4 is 11.8 Å². The molecule has 0 N–H and O–H groups in total. The Labute approximate surface area is 193 Å². The zero-order chi connectivity index (χ0) is 23.4. The van der Waals surface area contributed by atoms with Crippen molar-refractivity contribution in [2.45, 2.75) is 19.3 Å². The van der Waals surface area contributed by atoms with Crippen LogP contribution in [0.15, 0.2) is 72.9 Å². The maximum atomic E-state index is 14.1. The first kappa shape index (κ1) is 22.6. The monoisotopic (exact) mass is 445 g/mol. The van der Waals surface area contributed by atoms with Crippen LogP contribution in [0.4, 0.5) is 4.39 Å². The van der Waals surface area contributed by atoms with Crippen LogP contribution >= 0.6 is 0 Å². The highest BCUT2D eigenvalue weighted by Gasteiger charge is 2.43. The highest BCUT2D eigenvalue weighted by molar-refractivity contribution is 5.92. The third-order valence-electron chi connectivity index (χ3n) is 6.43. The summed E-state index contributed by atoms with van der Waals surface area (Å²) in [6.07, 6.45) is 3.35. The van der Waals surface area contributed by atoms with E-state index in [1.165, 1.54) is 6.07 Å². The lowest BCUT2D eigenvalue weighted by Crippen LogP contribution is -2.51. The Kier molecular flexibility index (Phi) is 6.54. The summed E-state index contributed by atoms with van der Waals surface area (Å²) in [4.78, 5) is 33.7. The van der Waals surface area contributed by atoms with E-state index in [1.54, 1.807) is 60.4 Å². The molecule has 5 nitrogen and oxygen atoms in total. The van der Waals surface area contributed by atoms with Crippen LogP contribution in [-0.2, 0) is 11.2 Å². The maximum Gasteiger partial charge on any atom is 0.272 e. The predicted octanol–water partition coefficient (Wildman–Crippen LogP) is 4.44. The van der Waals surface area contributed by atoms with Crippen molar-refractivity contribution < 1.29 is 14.0 Å². The number of nitrogens with zero attached hydrogens (tertiary/aromatic N) is 3. The fraction of sp³-hybridized carbons (Fsp3) is 0.296. The van der Waals surface area contributed by atoms with Gasteiger partial charge in [-0.05, 0) is 48.6 Å². The molecule has 1 saturated heterocycles. The van der Waals surface area contributed by atoms with Gasteiger partial charge in [-0.15, -0.1) is 0 Å². The van der Waals surface area contributed by atoms with Crippen molar-refractivity contribution in [1.82, 2.24) is 14.8 Å². The third-order valence-corrected chi connectivity index (χ3v) is 6.43. The van der Waals surface area contributed by atoms with E-state index in [0.717, 1.165) is 11.1 Å². The largest absolute Gasteiger partial charge is 0.348 e. The molecule has 0 atom stereocenters. The van der Waals surface area contributed by atoms with Gasteiger partial charge in [0.1, 0.15) is 11.5 Å². The second kappa shape index (κ2) is 9.53. The molecule has 4 rings (SSSR count). The summed E-state index contributed by atoms with van der Waals surface area (Å²) in [6.45, 7) is 1.00. The van der Waals surface area contributed by atoms with Crippen LogP contribution in [0, 0.1) is 11.2 Å². The fourth-order valence-electron chi connectivity index (χ4n) is 4.62. The van der Waals surface area contributed by atoms with Gasteiger partial charge in [-0.2, -0.15) is 0 Å². The number of hydrogen-bond acceptors (Lipinski definition) is 3. The first-order chi connectivity index (χ1) is 15.9. The molecule has 0 unspecified atom stereocenters. The van der Waals surface area contributed by atoms with Crippen molar-refractivity contribution in [2.24, 2.45) is 5.41 Å². The zero-order valence-electron chi connectivity index (χ0n) is 19.0. The fourth-order valence-corrected chi connectivity index (χ4v) is 4.62. The summed E-state index contributed by atoms with van der Waals surface area (Å²) in [5, 5.41) is 0. The van der Waals surface area contributed by atoms with Gasteiger partial charge in [0.05, 0.1) is 5.41 Å². The first-order valence-corrected chi connectivity index (χ1v) is 11.2. The van der Waals surface area contributed by atoms with E-state index in [0.29, 0.717) is 43.6 Å². The van der Waals surface area contributed by atoms with Gasteiger partial charge in [-0.3, -0.25) is 14.6 Å². The molecule has 0 saturated carbocycles. The van der Waals surface area contributed by atoms with E-state index in [9.17, 15) is 14.0 Å². The minimum Gasteiger partial charge on any atom is -0.348 e. The highest BCUT2D eigenvalue weighted by Crippen LogP contribution is 2.37. The van der Waals surface area contributed by atoms with Crippen molar-refractivity contribution in [3.05, 3.63) is 90.0 Å². The van der Waals surface area contributed by atoms with Crippen LogP contribution in [0.5, 0.6) is 0 Å². The molecule has 2 aromatic carbocycles. The maximum absolute atomic E-state index is 14.1. The molecular weight excluding hydrogens is 417 g/mol. The van der Waals surface area contributed by atoms with Crippen LogP contribution in [0.1, 0.15) is 28.9 Å². The first-order valence-electron chi connectivity index (χ1n) is 11.2. The second-order valence-electron chi connectivity index (χ2n) is 8.84. The number of amides is 2. The van der Waals surface area contributed by atoms with Crippen LogP contribution in [0.25, 0.3) is 11.1 Å². The lowest BCUT2D eigenvalue weighted by atomic mass is 9.72. The van der Waals surface area contributed by atoms with Gasteiger partial charge < -0.3 is 9.80 Å². The Morgan fingerprint density at radius 2 is 1.64 bits per heavy atom. The molecule has 1 aliphatic rings. The number of piperidine rings is 1. The Bertz CT molecular complexity index is 1120. The smallest absolute Gasteiger partial charge is 0.272 e. The molecule has 3 aromatic rings. The van der Waals surface area contributed by atoms with Crippen molar-refractivity contribution in [3.8, 4) is 11.1 Å². The van der Waals surface area contributed by atoms with E-state index in [4.69, 9.17) is 0 Å². The Hall–Kier alpha value is -3.54. The molecule has 2 heterocycles. The van der Waals surface area contributed by atoms with E-state index in [-0.39, 0.29) is 17.6 Å². The molecule has 33 heavy (non-hydrogen) atoms. The summed E-state index contributed by atoms with van der Waals surface area (Å²) in [7, 11) is 3.55. The van der Waals surface area contributed by atoms with Gasteiger partial charge in [0, 0.05) is 38.9 Å². The lowest BCUT2D eigenvalue weighted by molar-refractivity contribution is -0.142. The van der Waals surface area contributed by atoms with E-state index in [2.05, 4.69) is 4.98 Å². The van der Waals surface area contributed by atoms with Gasteiger partial charge >= 0.3 is 0 Å². The molecular formula is C27H28FN3O2. The van der Waals surface area contributed by atoms with Crippen LogP contribution < -0.4 is 0 Å². The Morgan fingerprint density at radius 3 is 2.24 bits per heavy atom. The van der Waals surface area contributed by atoms with E-state index >= 15 is 0 Å². The molecule has 0 radical (unpaired) electrons. The number of likely N-dealkylation sites (tertiary alicyclic amines) is 1. The van der Waals surface area contributed by atoms with Crippen molar-refractivity contribution in [3.63, 3.8) is 0 Å². The van der Waals surface area contributed by atoms with Crippen molar-refractivity contribution in [2.75, 3.05) is 27.2 Å². The van der Waals surface area contributed by atoms with Gasteiger partial charge in [0.15, 0.2) is 0 Å².